The standard InChI is InChI=1S/C14H27N3O2/c15-6-1-12-2-7-17(8-3-12)11-14(18)16-13-4-9-19-10-5-13/h12-13H,1-11,15H2,(H,16,18). The lowest BCUT2D eigenvalue weighted by molar-refractivity contribution is -0.123. The van der Waals surface area contributed by atoms with E-state index < -0.39 is 0 Å². The van der Waals surface area contributed by atoms with E-state index in [2.05, 4.69) is 10.2 Å². The van der Waals surface area contributed by atoms with E-state index in [-0.39, 0.29) is 5.91 Å². The third-order valence-corrected chi connectivity index (χ3v) is 4.24. The lowest BCUT2D eigenvalue weighted by Crippen LogP contribution is -2.46. The fourth-order valence-corrected chi connectivity index (χ4v) is 2.99. The summed E-state index contributed by atoms with van der Waals surface area (Å²) < 4.78 is 5.29. The van der Waals surface area contributed by atoms with Crippen molar-refractivity contribution in [1.29, 1.82) is 0 Å². The molecule has 3 N–H and O–H groups in total. The van der Waals surface area contributed by atoms with Crippen LogP contribution in [0.15, 0.2) is 0 Å². The number of hydrogen-bond acceptors (Lipinski definition) is 4. The van der Waals surface area contributed by atoms with E-state index in [4.69, 9.17) is 10.5 Å². The second-order valence-corrected chi connectivity index (χ2v) is 5.75. The number of amides is 1. The van der Waals surface area contributed by atoms with Gasteiger partial charge in [0.2, 0.25) is 5.91 Å². The average Bonchev–Trinajstić information content (AvgIpc) is 2.42. The average molecular weight is 269 g/mol. The molecule has 19 heavy (non-hydrogen) atoms. The second kappa shape index (κ2) is 7.82. The molecule has 0 unspecified atom stereocenters. The van der Waals surface area contributed by atoms with Gasteiger partial charge in [-0.05, 0) is 57.7 Å². The Morgan fingerprint density at radius 3 is 2.53 bits per heavy atom. The summed E-state index contributed by atoms with van der Waals surface area (Å²) in [6, 6.07) is 0.316. The number of nitrogens with zero attached hydrogens (tertiary/aromatic N) is 1. The number of hydrogen-bond donors (Lipinski definition) is 2. The van der Waals surface area contributed by atoms with E-state index in [0.29, 0.717) is 12.6 Å². The van der Waals surface area contributed by atoms with Crippen LogP contribution in [-0.2, 0) is 9.53 Å². The first-order valence-corrected chi connectivity index (χ1v) is 7.57. The highest BCUT2D eigenvalue weighted by atomic mass is 16.5. The number of nitrogens with two attached hydrogens (primary N) is 1. The predicted octanol–water partition coefficient (Wildman–Crippen LogP) is 0.342. The van der Waals surface area contributed by atoms with Gasteiger partial charge in [0.1, 0.15) is 0 Å². The van der Waals surface area contributed by atoms with Crippen LogP contribution in [0.25, 0.3) is 0 Å². The molecule has 110 valence electrons. The fraction of sp³-hybridized carbons (Fsp3) is 0.929. The molecule has 0 bridgehead atoms. The summed E-state index contributed by atoms with van der Waals surface area (Å²) in [5, 5.41) is 3.12. The van der Waals surface area contributed by atoms with Crippen molar-refractivity contribution in [3.63, 3.8) is 0 Å². The van der Waals surface area contributed by atoms with Crippen LogP contribution in [0.1, 0.15) is 32.1 Å². The smallest absolute Gasteiger partial charge is 0.234 e. The Bertz CT molecular complexity index is 272. The zero-order chi connectivity index (χ0) is 13.5. The second-order valence-electron chi connectivity index (χ2n) is 5.75. The lowest BCUT2D eigenvalue weighted by Gasteiger charge is -2.32. The van der Waals surface area contributed by atoms with Crippen LogP contribution in [0, 0.1) is 5.92 Å². The molecule has 0 aromatic rings. The minimum atomic E-state index is 0.171. The summed E-state index contributed by atoms with van der Waals surface area (Å²) in [6.45, 7) is 4.95. The molecule has 2 rings (SSSR count). The largest absolute Gasteiger partial charge is 0.381 e. The molecular weight excluding hydrogens is 242 g/mol. The summed E-state index contributed by atoms with van der Waals surface area (Å²) >= 11 is 0. The van der Waals surface area contributed by atoms with Gasteiger partial charge in [0.25, 0.3) is 0 Å². The zero-order valence-corrected chi connectivity index (χ0v) is 11.8. The summed E-state index contributed by atoms with van der Waals surface area (Å²) in [5.41, 5.74) is 5.59. The van der Waals surface area contributed by atoms with Crippen molar-refractivity contribution in [3.8, 4) is 0 Å². The molecular formula is C14H27N3O2. The number of rotatable bonds is 5. The van der Waals surface area contributed by atoms with E-state index in [9.17, 15) is 4.79 Å². The topological polar surface area (TPSA) is 67.6 Å². The lowest BCUT2D eigenvalue weighted by atomic mass is 9.94. The maximum atomic E-state index is 12.0. The normalized spacial score (nSPS) is 23.4. The highest BCUT2D eigenvalue weighted by molar-refractivity contribution is 5.78. The van der Waals surface area contributed by atoms with E-state index in [0.717, 1.165) is 58.0 Å². The van der Waals surface area contributed by atoms with Crippen LogP contribution in [0.5, 0.6) is 0 Å². The molecule has 5 heteroatoms. The van der Waals surface area contributed by atoms with Crippen molar-refractivity contribution in [2.45, 2.75) is 38.1 Å². The molecule has 5 nitrogen and oxygen atoms in total. The minimum absolute atomic E-state index is 0.171. The van der Waals surface area contributed by atoms with Crippen molar-refractivity contribution in [2.75, 3.05) is 39.4 Å². The minimum Gasteiger partial charge on any atom is -0.381 e. The van der Waals surface area contributed by atoms with Gasteiger partial charge in [-0.25, -0.2) is 0 Å². The third kappa shape index (κ3) is 5.09. The number of nitrogens with one attached hydrogen (secondary N) is 1. The van der Waals surface area contributed by atoms with Crippen LogP contribution in [0.3, 0.4) is 0 Å². The molecule has 0 saturated carbocycles. The van der Waals surface area contributed by atoms with Crippen molar-refractivity contribution < 1.29 is 9.53 Å². The molecule has 0 aromatic heterocycles. The number of ether oxygens (including phenoxy) is 1. The Hall–Kier alpha value is -0.650. The van der Waals surface area contributed by atoms with Gasteiger partial charge in [0.15, 0.2) is 0 Å². The summed E-state index contributed by atoms with van der Waals surface area (Å²) in [5.74, 6) is 0.934. The monoisotopic (exact) mass is 269 g/mol. The van der Waals surface area contributed by atoms with Crippen molar-refractivity contribution in [2.24, 2.45) is 11.7 Å². The SMILES string of the molecule is NCCC1CCN(CC(=O)NC2CCOCC2)CC1. The molecule has 2 aliphatic rings. The zero-order valence-electron chi connectivity index (χ0n) is 11.8. The van der Waals surface area contributed by atoms with Crippen LogP contribution in [0.4, 0.5) is 0 Å². The Morgan fingerprint density at radius 1 is 1.21 bits per heavy atom. The quantitative estimate of drug-likeness (QED) is 0.755. The summed E-state index contributed by atoms with van der Waals surface area (Å²) in [7, 11) is 0. The van der Waals surface area contributed by atoms with Crippen molar-refractivity contribution in [3.05, 3.63) is 0 Å². The molecule has 0 aromatic carbocycles. The summed E-state index contributed by atoms with van der Waals surface area (Å²) in [6.07, 6.45) is 5.39. The molecule has 2 aliphatic heterocycles. The van der Waals surface area contributed by atoms with E-state index >= 15 is 0 Å². The maximum absolute atomic E-state index is 12.0. The van der Waals surface area contributed by atoms with E-state index in [1.165, 1.54) is 12.8 Å². The van der Waals surface area contributed by atoms with Gasteiger partial charge in [0.05, 0.1) is 6.54 Å². The molecule has 0 radical (unpaired) electrons. The van der Waals surface area contributed by atoms with Crippen molar-refractivity contribution in [1.82, 2.24) is 10.2 Å². The Labute approximate surface area is 115 Å². The number of piperidine rings is 1. The molecule has 2 saturated heterocycles. The van der Waals surface area contributed by atoms with Gasteiger partial charge in [0, 0.05) is 19.3 Å². The number of carbonyl (C=O) groups is 1. The molecule has 0 atom stereocenters. The van der Waals surface area contributed by atoms with Gasteiger partial charge in [-0.2, -0.15) is 0 Å². The molecule has 1 amide bonds. The molecule has 2 heterocycles. The molecule has 0 aliphatic carbocycles. The predicted molar refractivity (Wildman–Crippen MR) is 74.8 cm³/mol. The van der Waals surface area contributed by atoms with Gasteiger partial charge >= 0.3 is 0 Å². The molecule has 0 spiro atoms. The Kier molecular flexibility index (Phi) is 6.07. The molecule has 2 fully saturated rings. The number of carbonyl (C=O) groups excluding carboxylic acids is 1. The Balaban J connectivity index is 1.63. The van der Waals surface area contributed by atoms with Crippen LogP contribution in [-0.4, -0.2) is 56.2 Å². The van der Waals surface area contributed by atoms with E-state index in [1.54, 1.807) is 0 Å². The van der Waals surface area contributed by atoms with E-state index in [1.807, 2.05) is 0 Å². The maximum Gasteiger partial charge on any atom is 0.234 e. The van der Waals surface area contributed by atoms with Gasteiger partial charge in [-0.3, -0.25) is 9.69 Å². The van der Waals surface area contributed by atoms with Gasteiger partial charge in [-0.15, -0.1) is 0 Å². The highest BCUT2D eigenvalue weighted by Gasteiger charge is 2.22. The van der Waals surface area contributed by atoms with Crippen LogP contribution >= 0.6 is 0 Å². The first-order valence-electron chi connectivity index (χ1n) is 7.57. The first-order chi connectivity index (χ1) is 9.28. The van der Waals surface area contributed by atoms with Gasteiger partial charge < -0.3 is 15.8 Å². The fourth-order valence-electron chi connectivity index (χ4n) is 2.99. The van der Waals surface area contributed by atoms with Crippen LogP contribution < -0.4 is 11.1 Å². The Morgan fingerprint density at radius 2 is 1.89 bits per heavy atom. The van der Waals surface area contributed by atoms with Crippen molar-refractivity contribution >= 4 is 5.91 Å². The highest BCUT2D eigenvalue weighted by Crippen LogP contribution is 2.19. The number of likely N-dealkylation sites (tertiary alicyclic amines) is 1. The summed E-state index contributed by atoms with van der Waals surface area (Å²) in [4.78, 5) is 14.2. The van der Waals surface area contributed by atoms with Crippen LogP contribution in [0.2, 0.25) is 0 Å². The first kappa shape index (κ1) is 14.8. The van der Waals surface area contributed by atoms with Gasteiger partial charge in [-0.1, -0.05) is 0 Å². The third-order valence-electron chi connectivity index (χ3n) is 4.24.